The third kappa shape index (κ3) is 4.81. The molecule has 1 aromatic carbocycles. The van der Waals surface area contributed by atoms with Gasteiger partial charge >= 0.3 is 0 Å². The van der Waals surface area contributed by atoms with E-state index in [1.54, 1.807) is 4.90 Å². The summed E-state index contributed by atoms with van der Waals surface area (Å²) in [6, 6.07) is 5.97. The van der Waals surface area contributed by atoms with Gasteiger partial charge in [0.2, 0.25) is 15.9 Å². The molecule has 0 radical (unpaired) electrons. The van der Waals surface area contributed by atoms with Gasteiger partial charge in [0.1, 0.15) is 0 Å². The molecule has 9 heteroatoms. The molecule has 1 amide bonds. The first-order valence-electron chi connectivity index (χ1n) is 7.04. The number of carbonyl (C=O) groups excluding carboxylic acids is 1. The monoisotopic (exact) mass is 381 g/mol. The average Bonchev–Trinajstić information content (AvgIpc) is 2.48. The van der Waals surface area contributed by atoms with Crippen molar-refractivity contribution in [2.45, 2.75) is 17.9 Å². The number of benzene rings is 1. The number of nitrogens with zero attached hydrogens (tertiary/aromatic N) is 2. The van der Waals surface area contributed by atoms with Gasteiger partial charge in [-0.15, -0.1) is 12.4 Å². The van der Waals surface area contributed by atoms with Crippen LogP contribution in [0.4, 0.5) is 0 Å². The highest BCUT2D eigenvalue weighted by Crippen LogP contribution is 2.17. The number of hydrogen-bond acceptors (Lipinski definition) is 4. The Hall–Kier alpha value is -0.860. The molecule has 1 aliphatic rings. The topological polar surface area (TPSA) is 69.7 Å². The van der Waals surface area contributed by atoms with Gasteiger partial charge in [0.25, 0.3) is 0 Å². The average molecular weight is 382 g/mol. The van der Waals surface area contributed by atoms with E-state index < -0.39 is 10.0 Å². The van der Waals surface area contributed by atoms with Crippen LogP contribution in [0.15, 0.2) is 29.2 Å². The van der Waals surface area contributed by atoms with E-state index >= 15 is 0 Å². The lowest BCUT2D eigenvalue weighted by atomic mass is 10.2. The fraction of sp³-hybridized carbons (Fsp3) is 0.500. The van der Waals surface area contributed by atoms with E-state index in [2.05, 4.69) is 5.32 Å². The number of sulfonamides is 1. The molecular weight excluding hydrogens is 361 g/mol. The van der Waals surface area contributed by atoms with Crippen molar-refractivity contribution in [3.05, 3.63) is 29.3 Å². The van der Waals surface area contributed by atoms with Crippen molar-refractivity contribution in [3.63, 3.8) is 0 Å². The van der Waals surface area contributed by atoms with Crippen molar-refractivity contribution in [2.75, 3.05) is 33.2 Å². The molecule has 0 aliphatic carbocycles. The van der Waals surface area contributed by atoms with E-state index in [1.807, 2.05) is 6.92 Å². The highest BCUT2D eigenvalue weighted by atomic mass is 35.5. The first kappa shape index (κ1) is 20.2. The Morgan fingerprint density at radius 1 is 1.39 bits per heavy atom. The van der Waals surface area contributed by atoms with Crippen LogP contribution >= 0.6 is 24.0 Å². The zero-order chi connectivity index (χ0) is 16.3. The zero-order valence-corrected chi connectivity index (χ0v) is 15.4. The molecule has 0 aromatic heterocycles. The lowest BCUT2D eigenvalue weighted by molar-refractivity contribution is -0.133. The smallest absolute Gasteiger partial charge is 0.243 e. The summed E-state index contributed by atoms with van der Waals surface area (Å²) in [6.45, 7) is 3.81. The van der Waals surface area contributed by atoms with Crippen LogP contribution in [0.2, 0.25) is 5.02 Å². The summed E-state index contributed by atoms with van der Waals surface area (Å²) in [5.74, 6) is -0.186. The molecule has 0 spiro atoms. The Balaban J connectivity index is 0.00000264. The minimum absolute atomic E-state index is 0. The zero-order valence-electron chi connectivity index (χ0n) is 13.0. The summed E-state index contributed by atoms with van der Waals surface area (Å²) in [6.07, 6.45) is 0. The van der Waals surface area contributed by atoms with Crippen LogP contribution in [0.5, 0.6) is 0 Å². The first-order valence-corrected chi connectivity index (χ1v) is 8.86. The largest absolute Gasteiger partial charge is 0.336 e. The van der Waals surface area contributed by atoms with Crippen molar-refractivity contribution >= 4 is 39.9 Å². The highest BCUT2D eigenvalue weighted by molar-refractivity contribution is 7.89. The number of halogens is 2. The molecule has 1 aromatic rings. The molecule has 1 aliphatic heterocycles. The standard InChI is InChI=1S/C14H20ClN3O3S.ClH/c1-11-9-16-7-8-18(11)14(19)10-17(2)22(20,21)13-5-3-12(15)4-6-13;/h3-6,11,16H,7-10H2,1-2H3;1H/t11-;/m0./s1. The Morgan fingerprint density at radius 2 is 2.00 bits per heavy atom. The lowest BCUT2D eigenvalue weighted by Crippen LogP contribution is -2.54. The van der Waals surface area contributed by atoms with Gasteiger partial charge in [-0.3, -0.25) is 4.79 Å². The number of hydrogen-bond donors (Lipinski definition) is 1. The second-order valence-electron chi connectivity index (χ2n) is 5.36. The fourth-order valence-corrected chi connectivity index (χ4v) is 3.61. The highest BCUT2D eigenvalue weighted by Gasteiger charge is 2.28. The summed E-state index contributed by atoms with van der Waals surface area (Å²) in [5, 5.41) is 3.66. The number of amides is 1. The maximum atomic E-state index is 12.4. The van der Waals surface area contributed by atoms with Gasteiger partial charge in [-0.2, -0.15) is 4.31 Å². The number of rotatable bonds is 4. The quantitative estimate of drug-likeness (QED) is 0.850. The van der Waals surface area contributed by atoms with Crippen LogP contribution in [0, 0.1) is 0 Å². The van der Waals surface area contributed by atoms with Gasteiger partial charge in [0.05, 0.1) is 11.4 Å². The Morgan fingerprint density at radius 3 is 2.57 bits per heavy atom. The minimum atomic E-state index is -3.70. The van der Waals surface area contributed by atoms with E-state index in [9.17, 15) is 13.2 Å². The number of piperazine rings is 1. The second-order valence-corrected chi connectivity index (χ2v) is 7.84. The molecule has 1 N–H and O–H groups in total. The summed E-state index contributed by atoms with van der Waals surface area (Å²) in [4.78, 5) is 14.2. The molecule has 6 nitrogen and oxygen atoms in total. The maximum Gasteiger partial charge on any atom is 0.243 e. The number of nitrogens with one attached hydrogen (secondary N) is 1. The van der Waals surface area contributed by atoms with Gasteiger partial charge in [-0.05, 0) is 31.2 Å². The molecule has 2 rings (SSSR count). The molecule has 130 valence electrons. The molecular formula is C14H21Cl2N3O3S. The van der Waals surface area contributed by atoms with Crippen LogP contribution in [-0.2, 0) is 14.8 Å². The van der Waals surface area contributed by atoms with Crippen LogP contribution < -0.4 is 5.32 Å². The van der Waals surface area contributed by atoms with Crippen molar-refractivity contribution < 1.29 is 13.2 Å². The molecule has 0 unspecified atom stereocenters. The third-order valence-electron chi connectivity index (χ3n) is 3.70. The Kier molecular flexibility index (Phi) is 7.29. The third-order valence-corrected chi connectivity index (χ3v) is 5.77. The molecule has 1 saturated heterocycles. The minimum Gasteiger partial charge on any atom is -0.336 e. The molecule has 23 heavy (non-hydrogen) atoms. The molecule has 1 heterocycles. The molecule has 0 bridgehead atoms. The van der Waals surface area contributed by atoms with Gasteiger partial charge < -0.3 is 10.2 Å². The molecule has 1 fully saturated rings. The van der Waals surface area contributed by atoms with E-state index in [0.29, 0.717) is 11.6 Å². The summed E-state index contributed by atoms with van der Waals surface area (Å²) in [5.41, 5.74) is 0. The van der Waals surface area contributed by atoms with E-state index in [4.69, 9.17) is 11.6 Å². The second kappa shape index (κ2) is 8.30. The number of likely N-dealkylation sites (N-methyl/N-ethyl adjacent to an activating group) is 1. The van der Waals surface area contributed by atoms with Crippen LogP contribution in [0.1, 0.15) is 6.92 Å². The van der Waals surface area contributed by atoms with E-state index in [0.717, 1.165) is 17.4 Å². The summed E-state index contributed by atoms with van der Waals surface area (Å²) < 4.78 is 26.0. The Labute approximate surface area is 148 Å². The molecule has 0 saturated carbocycles. The van der Waals surface area contributed by atoms with Crippen molar-refractivity contribution in [2.24, 2.45) is 0 Å². The van der Waals surface area contributed by atoms with Crippen molar-refractivity contribution in [3.8, 4) is 0 Å². The molecule has 1 atom stereocenters. The summed E-state index contributed by atoms with van der Waals surface area (Å²) in [7, 11) is -2.28. The van der Waals surface area contributed by atoms with Crippen molar-refractivity contribution in [1.82, 2.24) is 14.5 Å². The SMILES string of the molecule is C[C@H]1CNCCN1C(=O)CN(C)S(=O)(=O)c1ccc(Cl)cc1.Cl. The lowest BCUT2D eigenvalue weighted by Gasteiger charge is -2.34. The normalized spacial score (nSPS) is 18.6. The summed E-state index contributed by atoms with van der Waals surface area (Å²) >= 11 is 5.77. The van der Waals surface area contributed by atoms with Gasteiger partial charge in [0.15, 0.2) is 0 Å². The first-order chi connectivity index (χ1) is 10.3. The predicted molar refractivity (Wildman–Crippen MR) is 92.6 cm³/mol. The van der Waals surface area contributed by atoms with E-state index in [-0.39, 0.29) is 35.8 Å². The van der Waals surface area contributed by atoms with Gasteiger partial charge in [-0.1, -0.05) is 11.6 Å². The Bertz CT molecular complexity index is 637. The predicted octanol–water partition coefficient (Wildman–Crippen LogP) is 1.20. The van der Waals surface area contributed by atoms with Crippen LogP contribution in [0.25, 0.3) is 0 Å². The van der Waals surface area contributed by atoms with E-state index in [1.165, 1.54) is 31.3 Å². The maximum absolute atomic E-state index is 12.4. The fourth-order valence-electron chi connectivity index (χ4n) is 2.36. The van der Waals surface area contributed by atoms with Crippen LogP contribution in [0.3, 0.4) is 0 Å². The van der Waals surface area contributed by atoms with Gasteiger partial charge in [-0.25, -0.2) is 8.42 Å². The number of carbonyl (C=O) groups is 1. The van der Waals surface area contributed by atoms with Crippen LogP contribution in [-0.4, -0.2) is 62.8 Å². The van der Waals surface area contributed by atoms with Crippen molar-refractivity contribution in [1.29, 1.82) is 0 Å². The van der Waals surface area contributed by atoms with Gasteiger partial charge in [0, 0.05) is 37.7 Å².